The van der Waals surface area contributed by atoms with Crippen LogP contribution in [0.2, 0.25) is 23.3 Å². The summed E-state index contributed by atoms with van der Waals surface area (Å²) >= 11 is 6.18. The van der Waals surface area contributed by atoms with E-state index in [1.807, 2.05) is 16.8 Å². The highest BCUT2D eigenvalue weighted by atomic mass is 35.5. The Kier molecular flexibility index (Phi) is 7.49. The molecule has 2 rings (SSSR count). The van der Waals surface area contributed by atoms with Crippen LogP contribution in [0.1, 0.15) is 26.8 Å². The molecule has 0 aromatic carbocycles. The SMILES string of the molecule is C=C(COCP(=O)(O)O)C(CO[Si](C)(C)C(C)(C)C)n1ccc2c(Cl)ncnc21. The van der Waals surface area contributed by atoms with Crippen LogP contribution in [0.5, 0.6) is 0 Å². The van der Waals surface area contributed by atoms with Gasteiger partial charge in [0.15, 0.2) is 8.32 Å². The van der Waals surface area contributed by atoms with Crippen LogP contribution in [-0.4, -0.2) is 52.2 Å². The lowest BCUT2D eigenvalue weighted by molar-refractivity contribution is 0.164. The normalized spacial score (nSPS) is 14.3. The molecular formula is C18H29ClN3O5PSi. The Morgan fingerprint density at radius 1 is 1.38 bits per heavy atom. The molecule has 162 valence electrons. The van der Waals surface area contributed by atoms with E-state index < -0.39 is 22.3 Å². The van der Waals surface area contributed by atoms with Gasteiger partial charge in [0.25, 0.3) is 0 Å². The molecule has 0 aliphatic heterocycles. The maximum Gasteiger partial charge on any atom is 0.350 e. The van der Waals surface area contributed by atoms with Gasteiger partial charge in [0.1, 0.15) is 23.5 Å². The first-order chi connectivity index (χ1) is 13.2. The molecule has 0 aliphatic carbocycles. The lowest BCUT2D eigenvalue weighted by Crippen LogP contribution is -2.42. The Labute approximate surface area is 177 Å². The van der Waals surface area contributed by atoms with Gasteiger partial charge in [-0.3, -0.25) is 4.57 Å². The molecule has 2 aromatic rings. The van der Waals surface area contributed by atoms with E-state index in [1.165, 1.54) is 6.33 Å². The van der Waals surface area contributed by atoms with Crippen LogP contribution in [0, 0.1) is 0 Å². The average molecular weight is 462 g/mol. The monoisotopic (exact) mass is 461 g/mol. The smallest absolute Gasteiger partial charge is 0.350 e. The van der Waals surface area contributed by atoms with Gasteiger partial charge in [0.05, 0.1) is 24.6 Å². The Morgan fingerprint density at radius 3 is 2.62 bits per heavy atom. The fourth-order valence-corrected chi connectivity index (χ4v) is 4.01. The molecule has 0 bridgehead atoms. The number of hydrogen-bond acceptors (Lipinski definition) is 5. The fourth-order valence-electron chi connectivity index (χ4n) is 2.48. The molecule has 2 aromatic heterocycles. The number of nitrogens with zero attached hydrogens (tertiary/aromatic N) is 3. The Hall–Kier alpha value is -1.06. The van der Waals surface area contributed by atoms with Gasteiger partial charge in [-0.05, 0) is 29.8 Å². The van der Waals surface area contributed by atoms with Crippen LogP contribution in [0.25, 0.3) is 11.0 Å². The summed E-state index contributed by atoms with van der Waals surface area (Å²) in [4.78, 5) is 26.4. The van der Waals surface area contributed by atoms with E-state index in [1.54, 1.807) is 0 Å². The summed E-state index contributed by atoms with van der Waals surface area (Å²) in [6.07, 6.45) is 2.56. The predicted octanol–water partition coefficient (Wildman–Crippen LogP) is 4.36. The highest BCUT2D eigenvalue weighted by Crippen LogP contribution is 2.38. The molecule has 0 fully saturated rings. The van der Waals surface area contributed by atoms with Gasteiger partial charge in [-0.25, -0.2) is 9.97 Å². The van der Waals surface area contributed by atoms with Crippen molar-refractivity contribution >= 4 is 38.5 Å². The van der Waals surface area contributed by atoms with Gasteiger partial charge in [-0.1, -0.05) is 39.0 Å². The number of halogens is 1. The van der Waals surface area contributed by atoms with Crippen molar-refractivity contribution in [1.82, 2.24) is 14.5 Å². The van der Waals surface area contributed by atoms with Crippen molar-refractivity contribution in [3.05, 3.63) is 35.9 Å². The molecular weight excluding hydrogens is 433 g/mol. The zero-order chi connectivity index (χ0) is 22.0. The lowest BCUT2D eigenvalue weighted by atomic mass is 10.1. The zero-order valence-corrected chi connectivity index (χ0v) is 20.1. The van der Waals surface area contributed by atoms with Crippen LogP contribution in [0.4, 0.5) is 0 Å². The van der Waals surface area contributed by atoms with Crippen LogP contribution in [-0.2, 0) is 13.7 Å². The molecule has 2 heterocycles. The maximum atomic E-state index is 11.1. The van der Waals surface area contributed by atoms with Gasteiger partial charge in [-0.15, -0.1) is 0 Å². The van der Waals surface area contributed by atoms with E-state index in [2.05, 4.69) is 50.4 Å². The minimum Gasteiger partial charge on any atom is -0.414 e. The second kappa shape index (κ2) is 8.97. The van der Waals surface area contributed by atoms with Crippen LogP contribution >= 0.6 is 19.2 Å². The van der Waals surface area contributed by atoms with Crippen molar-refractivity contribution in [2.45, 2.75) is 44.9 Å². The minimum absolute atomic E-state index is 0.0187. The average Bonchev–Trinajstić information content (AvgIpc) is 2.98. The van der Waals surface area contributed by atoms with Crippen molar-refractivity contribution in [2.24, 2.45) is 0 Å². The number of ether oxygens (including phenoxy) is 1. The van der Waals surface area contributed by atoms with Crippen molar-refractivity contribution in [2.75, 3.05) is 19.6 Å². The summed E-state index contributed by atoms with van der Waals surface area (Å²) in [5, 5.41) is 1.08. The van der Waals surface area contributed by atoms with Gasteiger partial charge >= 0.3 is 7.60 Å². The molecule has 0 saturated carbocycles. The second-order valence-corrected chi connectivity index (χ2v) is 15.3. The summed E-state index contributed by atoms with van der Waals surface area (Å²) < 4.78 is 24.6. The molecule has 8 nitrogen and oxygen atoms in total. The van der Waals surface area contributed by atoms with E-state index in [-0.39, 0.29) is 17.7 Å². The fraction of sp³-hybridized carbons (Fsp3) is 0.556. The van der Waals surface area contributed by atoms with Crippen molar-refractivity contribution < 1.29 is 23.5 Å². The minimum atomic E-state index is -4.25. The van der Waals surface area contributed by atoms with Crippen LogP contribution < -0.4 is 0 Å². The molecule has 1 unspecified atom stereocenters. The third-order valence-corrected chi connectivity index (χ3v) is 10.5. The van der Waals surface area contributed by atoms with E-state index in [0.717, 1.165) is 0 Å². The van der Waals surface area contributed by atoms with Crippen LogP contribution in [0.3, 0.4) is 0 Å². The summed E-state index contributed by atoms with van der Waals surface area (Å²) in [5.74, 6) is 0. The second-order valence-electron chi connectivity index (χ2n) is 8.51. The molecule has 1 atom stereocenters. The van der Waals surface area contributed by atoms with E-state index in [9.17, 15) is 4.57 Å². The topological polar surface area (TPSA) is 107 Å². The van der Waals surface area contributed by atoms with Gasteiger partial charge < -0.3 is 23.5 Å². The number of fused-ring (bicyclic) bond motifs is 1. The first-order valence-electron chi connectivity index (χ1n) is 9.14. The first kappa shape index (κ1) is 24.2. The van der Waals surface area contributed by atoms with Crippen molar-refractivity contribution in [1.29, 1.82) is 0 Å². The lowest BCUT2D eigenvalue weighted by Gasteiger charge is -2.37. The number of hydrogen-bond donors (Lipinski definition) is 2. The zero-order valence-electron chi connectivity index (χ0n) is 17.4. The Morgan fingerprint density at radius 2 is 2.03 bits per heavy atom. The van der Waals surface area contributed by atoms with Gasteiger partial charge in [-0.2, -0.15) is 0 Å². The van der Waals surface area contributed by atoms with E-state index in [4.69, 9.17) is 30.6 Å². The predicted molar refractivity (Wildman–Crippen MR) is 117 cm³/mol. The molecule has 11 heteroatoms. The summed E-state index contributed by atoms with van der Waals surface area (Å²) in [7, 11) is -6.30. The summed E-state index contributed by atoms with van der Waals surface area (Å²) in [5.41, 5.74) is 1.24. The van der Waals surface area contributed by atoms with E-state index in [0.29, 0.717) is 28.4 Å². The highest BCUT2D eigenvalue weighted by Gasteiger charge is 2.38. The number of rotatable bonds is 9. The number of aromatic nitrogens is 3. The maximum absolute atomic E-state index is 11.1. The van der Waals surface area contributed by atoms with Gasteiger partial charge in [0, 0.05) is 6.20 Å². The van der Waals surface area contributed by atoms with Crippen LogP contribution in [0.15, 0.2) is 30.7 Å². The molecule has 0 saturated heterocycles. The van der Waals surface area contributed by atoms with Gasteiger partial charge in [0.2, 0.25) is 0 Å². The van der Waals surface area contributed by atoms with Crippen molar-refractivity contribution in [3.63, 3.8) is 0 Å². The molecule has 0 spiro atoms. The molecule has 0 radical (unpaired) electrons. The van der Waals surface area contributed by atoms with Crippen molar-refractivity contribution in [3.8, 4) is 0 Å². The third kappa shape index (κ3) is 6.21. The summed E-state index contributed by atoms with van der Waals surface area (Å²) in [6.45, 7) is 15.2. The third-order valence-electron chi connectivity index (χ3n) is 5.22. The standard InChI is InChI=1S/C18H29ClN3O5PSi/c1-13(9-26-12-28(23,24)25)15(10-27-29(5,6)18(2,3)4)22-8-7-14-16(19)20-11-21-17(14)22/h7-8,11,15H,1,9-10,12H2,2-6H3,(H2,23,24,25). The molecule has 0 amide bonds. The molecule has 2 N–H and O–H groups in total. The molecule has 0 aliphatic rings. The molecule has 29 heavy (non-hydrogen) atoms. The Bertz CT molecular complexity index is 922. The Balaban J connectivity index is 2.31. The quantitative estimate of drug-likeness (QED) is 0.247. The first-order valence-corrected chi connectivity index (χ1v) is 14.2. The highest BCUT2D eigenvalue weighted by molar-refractivity contribution is 7.51. The largest absolute Gasteiger partial charge is 0.414 e. The summed E-state index contributed by atoms with van der Waals surface area (Å²) in [6, 6.07) is 1.48. The van der Waals surface area contributed by atoms with E-state index >= 15 is 0 Å².